The molecule has 0 radical (unpaired) electrons. The third-order valence-corrected chi connectivity index (χ3v) is 3.74. The van der Waals surface area contributed by atoms with Gasteiger partial charge in [-0.2, -0.15) is 4.98 Å². The highest BCUT2D eigenvalue weighted by Crippen LogP contribution is 2.60. The number of rotatable bonds is 1. The van der Waals surface area contributed by atoms with Crippen LogP contribution in [0.4, 0.5) is 5.82 Å². The standard InChI is InChI=1S/C10H13N3O3/c11-8-1-2-13(9(15)12-8)6-3-7(14)10(16)4-5(6)10/h1-2,5-7,14,16H,3-4H2,(H2,11,12,15)/t5?,6-,7-,10+/m0/s1. The molecule has 2 aliphatic rings. The molecule has 16 heavy (non-hydrogen) atoms. The van der Waals surface area contributed by atoms with Crippen molar-refractivity contribution in [2.75, 3.05) is 5.73 Å². The van der Waals surface area contributed by atoms with Crippen LogP contribution in [0.25, 0.3) is 0 Å². The van der Waals surface area contributed by atoms with E-state index in [9.17, 15) is 15.0 Å². The minimum atomic E-state index is -0.981. The number of nitrogens with zero attached hydrogens (tertiary/aromatic N) is 2. The van der Waals surface area contributed by atoms with Gasteiger partial charge < -0.3 is 15.9 Å². The topological polar surface area (TPSA) is 101 Å². The molecule has 0 spiro atoms. The highest BCUT2D eigenvalue weighted by Gasteiger charge is 2.67. The number of aromatic nitrogens is 2. The van der Waals surface area contributed by atoms with Crippen molar-refractivity contribution >= 4 is 5.82 Å². The minimum absolute atomic E-state index is 0.0365. The van der Waals surface area contributed by atoms with Crippen molar-refractivity contribution in [3.05, 3.63) is 22.7 Å². The average Bonchev–Trinajstić information content (AvgIpc) is 2.83. The Labute approximate surface area is 91.3 Å². The second-order valence-electron chi connectivity index (χ2n) is 4.66. The summed E-state index contributed by atoms with van der Waals surface area (Å²) in [6, 6.07) is 1.38. The number of nitrogen functional groups attached to an aromatic ring is 1. The van der Waals surface area contributed by atoms with Crippen molar-refractivity contribution in [2.45, 2.75) is 30.6 Å². The molecule has 0 saturated heterocycles. The monoisotopic (exact) mass is 223 g/mol. The first-order chi connectivity index (χ1) is 7.52. The van der Waals surface area contributed by atoms with Crippen LogP contribution in [-0.2, 0) is 0 Å². The lowest BCUT2D eigenvalue weighted by Gasteiger charge is -2.15. The summed E-state index contributed by atoms with van der Waals surface area (Å²) in [5.41, 5.74) is 4.00. The van der Waals surface area contributed by atoms with Gasteiger partial charge in [0, 0.05) is 18.2 Å². The molecule has 3 rings (SSSR count). The third-order valence-electron chi connectivity index (χ3n) is 3.74. The zero-order valence-corrected chi connectivity index (χ0v) is 8.58. The van der Waals surface area contributed by atoms with E-state index in [1.54, 1.807) is 12.3 Å². The largest absolute Gasteiger partial charge is 0.390 e. The Balaban J connectivity index is 1.98. The summed E-state index contributed by atoms with van der Waals surface area (Å²) in [6.45, 7) is 0. The molecule has 1 heterocycles. The lowest BCUT2D eigenvalue weighted by molar-refractivity contribution is 0.00902. The fourth-order valence-electron chi connectivity index (χ4n) is 2.73. The van der Waals surface area contributed by atoms with E-state index in [1.165, 1.54) is 4.57 Å². The molecule has 86 valence electrons. The SMILES string of the molecule is Nc1ccn([C@H]2C[C@H](O)[C@@]3(O)CC23)c(=O)n1. The van der Waals surface area contributed by atoms with Gasteiger partial charge in [-0.05, 0) is 18.9 Å². The Kier molecular flexibility index (Phi) is 1.74. The molecular weight excluding hydrogens is 210 g/mol. The van der Waals surface area contributed by atoms with E-state index >= 15 is 0 Å². The number of anilines is 1. The lowest BCUT2D eigenvalue weighted by Crippen LogP contribution is -2.28. The molecule has 0 amide bonds. The molecule has 6 nitrogen and oxygen atoms in total. The van der Waals surface area contributed by atoms with Gasteiger partial charge in [0.15, 0.2) is 0 Å². The van der Waals surface area contributed by atoms with Gasteiger partial charge >= 0.3 is 5.69 Å². The predicted octanol–water partition coefficient (Wildman–Crippen LogP) is -1.12. The summed E-state index contributed by atoms with van der Waals surface area (Å²) < 4.78 is 1.45. The minimum Gasteiger partial charge on any atom is -0.390 e. The number of fused-ring (bicyclic) bond motifs is 1. The first kappa shape index (κ1) is 9.80. The van der Waals surface area contributed by atoms with Crippen molar-refractivity contribution in [3.8, 4) is 0 Å². The number of hydrogen-bond acceptors (Lipinski definition) is 5. The maximum atomic E-state index is 11.6. The zero-order valence-electron chi connectivity index (χ0n) is 8.58. The smallest absolute Gasteiger partial charge is 0.349 e. The Morgan fingerprint density at radius 3 is 2.88 bits per heavy atom. The molecule has 4 atom stereocenters. The van der Waals surface area contributed by atoms with E-state index < -0.39 is 17.4 Å². The molecule has 0 aliphatic heterocycles. The summed E-state index contributed by atoms with van der Waals surface area (Å²) in [7, 11) is 0. The molecule has 1 aromatic heterocycles. The zero-order chi connectivity index (χ0) is 11.5. The quantitative estimate of drug-likeness (QED) is 0.560. The van der Waals surface area contributed by atoms with Gasteiger partial charge in [0.25, 0.3) is 0 Å². The van der Waals surface area contributed by atoms with Crippen LogP contribution in [-0.4, -0.2) is 31.5 Å². The van der Waals surface area contributed by atoms with E-state index in [2.05, 4.69) is 4.98 Å². The van der Waals surface area contributed by atoms with Crippen LogP contribution in [0.2, 0.25) is 0 Å². The Bertz CT molecular complexity index is 500. The molecule has 6 heteroatoms. The van der Waals surface area contributed by atoms with Crippen LogP contribution >= 0.6 is 0 Å². The molecule has 2 aliphatic carbocycles. The van der Waals surface area contributed by atoms with Gasteiger partial charge in [-0.15, -0.1) is 0 Å². The van der Waals surface area contributed by atoms with Crippen molar-refractivity contribution in [3.63, 3.8) is 0 Å². The first-order valence-corrected chi connectivity index (χ1v) is 5.27. The Morgan fingerprint density at radius 2 is 2.38 bits per heavy atom. The van der Waals surface area contributed by atoms with Crippen LogP contribution in [0.5, 0.6) is 0 Å². The third kappa shape index (κ3) is 1.14. The van der Waals surface area contributed by atoms with E-state index in [0.29, 0.717) is 12.8 Å². The molecule has 2 fully saturated rings. The van der Waals surface area contributed by atoms with Gasteiger partial charge in [0.2, 0.25) is 0 Å². The maximum Gasteiger partial charge on any atom is 0.349 e. The highest BCUT2D eigenvalue weighted by atomic mass is 16.4. The summed E-state index contributed by atoms with van der Waals surface area (Å²) in [5, 5.41) is 19.6. The van der Waals surface area contributed by atoms with Crippen molar-refractivity contribution in [2.24, 2.45) is 5.92 Å². The molecule has 0 aromatic carbocycles. The van der Waals surface area contributed by atoms with Gasteiger partial charge in [-0.1, -0.05) is 0 Å². The van der Waals surface area contributed by atoms with Gasteiger partial charge in [0.1, 0.15) is 5.82 Å². The number of aliphatic hydroxyl groups is 2. The average molecular weight is 223 g/mol. The van der Waals surface area contributed by atoms with E-state index in [-0.39, 0.29) is 17.8 Å². The van der Waals surface area contributed by atoms with Crippen LogP contribution < -0.4 is 11.4 Å². The molecule has 1 aromatic rings. The fourth-order valence-corrected chi connectivity index (χ4v) is 2.73. The molecule has 4 N–H and O–H groups in total. The normalized spacial score (nSPS) is 40.8. The predicted molar refractivity (Wildman–Crippen MR) is 55.6 cm³/mol. The van der Waals surface area contributed by atoms with Crippen LogP contribution in [0.3, 0.4) is 0 Å². The molecular formula is C10H13N3O3. The van der Waals surface area contributed by atoms with Crippen molar-refractivity contribution < 1.29 is 10.2 Å². The fraction of sp³-hybridized carbons (Fsp3) is 0.600. The van der Waals surface area contributed by atoms with Crippen molar-refractivity contribution in [1.29, 1.82) is 0 Å². The molecule has 0 bridgehead atoms. The van der Waals surface area contributed by atoms with E-state index in [1.807, 2.05) is 0 Å². The molecule has 2 saturated carbocycles. The summed E-state index contributed by atoms with van der Waals surface area (Å²) in [5.74, 6) is 0.150. The number of aliphatic hydroxyl groups excluding tert-OH is 1. The lowest BCUT2D eigenvalue weighted by atomic mass is 10.1. The van der Waals surface area contributed by atoms with Crippen LogP contribution in [0, 0.1) is 5.92 Å². The van der Waals surface area contributed by atoms with Crippen LogP contribution in [0.15, 0.2) is 17.1 Å². The summed E-state index contributed by atoms with van der Waals surface area (Å²) in [4.78, 5) is 15.3. The number of hydrogen-bond donors (Lipinski definition) is 3. The second kappa shape index (κ2) is 2.83. The first-order valence-electron chi connectivity index (χ1n) is 5.27. The van der Waals surface area contributed by atoms with Gasteiger partial charge in [-0.3, -0.25) is 4.57 Å². The summed E-state index contributed by atoms with van der Waals surface area (Å²) >= 11 is 0. The van der Waals surface area contributed by atoms with Crippen molar-refractivity contribution in [1.82, 2.24) is 9.55 Å². The van der Waals surface area contributed by atoms with E-state index in [0.717, 1.165) is 0 Å². The maximum absolute atomic E-state index is 11.6. The van der Waals surface area contributed by atoms with Gasteiger partial charge in [0.05, 0.1) is 11.7 Å². The Hall–Kier alpha value is -1.40. The Morgan fingerprint density at radius 1 is 1.62 bits per heavy atom. The van der Waals surface area contributed by atoms with E-state index in [4.69, 9.17) is 5.73 Å². The van der Waals surface area contributed by atoms with Gasteiger partial charge in [-0.25, -0.2) is 4.79 Å². The highest BCUT2D eigenvalue weighted by molar-refractivity contribution is 5.25. The van der Waals surface area contributed by atoms with Crippen LogP contribution in [0.1, 0.15) is 18.9 Å². The molecule has 1 unspecified atom stereocenters. The number of nitrogens with two attached hydrogens (primary N) is 1. The second-order valence-corrected chi connectivity index (χ2v) is 4.66. The summed E-state index contributed by atoms with van der Waals surface area (Å²) in [6.07, 6.45) is 1.78.